The summed E-state index contributed by atoms with van der Waals surface area (Å²) in [4.78, 5) is 41.7. The van der Waals surface area contributed by atoms with E-state index in [9.17, 15) is 14.7 Å². The standard InChI is InChI=1S/C21H20N6O3/c1-25-7-11-9-26(10-12(11)8-25)21-22-6-13-17(28)16(20(29)30)19-23-14-4-2-3-5-15(14)27(19)18(13)24-21/h2-6,11-12,23H,7-10H2,1H3,(H,29,30). The highest BCUT2D eigenvalue weighted by Gasteiger charge is 2.39. The van der Waals surface area contributed by atoms with Gasteiger partial charge in [0.1, 0.15) is 11.2 Å². The van der Waals surface area contributed by atoms with Crippen LogP contribution in [0.2, 0.25) is 0 Å². The zero-order chi connectivity index (χ0) is 20.6. The van der Waals surface area contributed by atoms with E-state index >= 15 is 0 Å². The van der Waals surface area contributed by atoms with Crippen molar-refractivity contribution >= 4 is 39.6 Å². The number of aromatic carboxylic acids is 1. The first kappa shape index (κ1) is 17.4. The zero-order valence-corrected chi connectivity index (χ0v) is 16.4. The summed E-state index contributed by atoms with van der Waals surface area (Å²) in [6, 6.07) is 7.47. The smallest absolute Gasteiger partial charge is 0.343 e. The van der Waals surface area contributed by atoms with E-state index in [0.717, 1.165) is 37.2 Å². The van der Waals surface area contributed by atoms with Crippen LogP contribution in [-0.2, 0) is 0 Å². The van der Waals surface area contributed by atoms with Gasteiger partial charge in [-0.3, -0.25) is 9.20 Å². The number of H-pyrrole nitrogens is 1. The second-order valence-electron chi connectivity index (χ2n) is 8.39. The summed E-state index contributed by atoms with van der Waals surface area (Å²) in [7, 11) is 2.15. The van der Waals surface area contributed by atoms with E-state index in [2.05, 4.69) is 26.8 Å². The zero-order valence-electron chi connectivity index (χ0n) is 16.4. The fraction of sp³-hybridized carbons (Fsp3) is 0.333. The van der Waals surface area contributed by atoms with Crippen LogP contribution < -0.4 is 10.3 Å². The van der Waals surface area contributed by atoms with Crippen molar-refractivity contribution in [1.82, 2.24) is 24.3 Å². The molecule has 1 aromatic carbocycles. The number of pyridine rings is 1. The first-order chi connectivity index (χ1) is 14.5. The van der Waals surface area contributed by atoms with E-state index < -0.39 is 11.4 Å². The van der Waals surface area contributed by atoms with E-state index in [1.165, 1.54) is 6.20 Å². The van der Waals surface area contributed by atoms with Gasteiger partial charge in [-0.05, 0) is 31.0 Å². The fourth-order valence-corrected chi connectivity index (χ4v) is 5.15. The number of aromatic amines is 1. The van der Waals surface area contributed by atoms with Gasteiger partial charge < -0.3 is 19.9 Å². The lowest BCUT2D eigenvalue weighted by Crippen LogP contribution is -2.28. The highest BCUT2D eigenvalue weighted by Crippen LogP contribution is 2.32. The number of anilines is 1. The molecule has 9 nitrogen and oxygen atoms in total. The summed E-state index contributed by atoms with van der Waals surface area (Å²) in [5.74, 6) is 0.506. The molecule has 0 aliphatic carbocycles. The largest absolute Gasteiger partial charge is 0.477 e. The van der Waals surface area contributed by atoms with Gasteiger partial charge in [-0.25, -0.2) is 9.78 Å². The Labute approximate surface area is 170 Å². The minimum Gasteiger partial charge on any atom is -0.477 e. The summed E-state index contributed by atoms with van der Waals surface area (Å²) in [5.41, 5.74) is 1.31. The van der Waals surface area contributed by atoms with Crippen LogP contribution in [0.15, 0.2) is 35.3 Å². The van der Waals surface area contributed by atoms with Crippen LogP contribution in [0, 0.1) is 11.8 Å². The van der Waals surface area contributed by atoms with Crippen LogP contribution in [-0.4, -0.2) is 68.6 Å². The van der Waals surface area contributed by atoms with Gasteiger partial charge in [-0.2, -0.15) is 4.98 Å². The Balaban J connectivity index is 1.60. The molecule has 152 valence electrons. The molecule has 2 aliphatic heterocycles. The van der Waals surface area contributed by atoms with Gasteiger partial charge in [0.2, 0.25) is 11.4 Å². The molecule has 0 amide bonds. The quantitative estimate of drug-likeness (QED) is 0.520. The molecular formula is C21H20N6O3. The van der Waals surface area contributed by atoms with Crippen molar-refractivity contribution in [3.8, 4) is 0 Å². The number of fused-ring (bicyclic) bond motifs is 6. The number of aromatic nitrogens is 4. The number of para-hydroxylation sites is 2. The summed E-state index contributed by atoms with van der Waals surface area (Å²) >= 11 is 0. The lowest BCUT2D eigenvalue weighted by molar-refractivity contribution is 0.0697. The Morgan fingerprint density at radius 2 is 1.90 bits per heavy atom. The first-order valence-corrected chi connectivity index (χ1v) is 10.00. The number of rotatable bonds is 2. The maximum Gasteiger partial charge on any atom is 0.343 e. The lowest BCUT2D eigenvalue weighted by atomic mass is 10.0. The molecule has 0 spiro atoms. The third kappa shape index (κ3) is 2.32. The number of hydrogen-bond donors (Lipinski definition) is 2. The number of likely N-dealkylation sites (tertiary alicyclic amines) is 1. The van der Waals surface area contributed by atoms with Crippen LogP contribution in [0.5, 0.6) is 0 Å². The van der Waals surface area contributed by atoms with Crippen LogP contribution in [0.1, 0.15) is 10.4 Å². The van der Waals surface area contributed by atoms with E-state index in [1.807, 2.05) is 24.3 Å². The molecule has 3 aromatic heterocycles. The average Bonchev–Trinajstić information content (AvgIpc) is 3.38. The predicted molar refractivity (Wildman–Crippen MR) is 112 cm³/mol. The molecule has 2 atom stereocenters. The number of carbonyl (C=O) groups is 1. The van der Waals surface area contributed by atoms with Crippen LogP contribution in [0.25, 0.3) is 27.7 Å². The highest BCUT2D eigenvalue weighted by molar-refractivity contribution is 6.02. The van der Waals surface area contributed by atoms with E-state index in [4.69, 9.17) is 4.98 Å². The van der Waals surface area contributed by atoms with Gasteiger partial charge in [0, 0.05) is 32.4 Å². The minimum absolute atomic E-state index is 0.206. The van der Waals surface area contributed by atoms with Crippen molar-refractivity contribution in [1.29, 1.82) is 0 Å². The summed E-state index contributed by atoms with van der Waals surface area (Å²) in [6.07, 6.45) is 1.47. The topological polar surface area (TPSA) is 107 Å². The van der Waals surface area contributed by atoms with Gasteiger partial charge in [0.25, 0.3) is 0 Å². The molecule has 0 radical (unpaired) electrons. The third-order valence-corrected chi connectivity index (χ3v) is 6.46. The van der Waals surface area contributed by atoms with Gasteiger partial charge in [0.05, 0.1) is 16.4 Å². The number of carboxylic acid groups (broad SMARTS) is 1. The Bertz CT molecular complexity index is 1390. The molecule has 30 heavy (non-hydrogen) atoms. The minimum atomic E-state index is -1.27. The Hall–Kier alpha value is -3.46. The second-order valence-corrected chi connectivity index (χ2v) is 8.39. The van der Waals surface area contributed by atoms with Crippen molar-refractivity contribution in [3.63, 3.8) is 0 Å². The van der Waals surface area contributed by atoms with Crippen LogP contribution in [0.3, 0.4) is 0 Å². The van der Waals surface area contributed by atoms with Gasteiger partial charge in [-0.15, -0.1) is 0 Å². The number of imidazole rings is 1. The summed E-state index contributed by atoms with van der Waals surface area (Å²) in [6.45, 7) is 3.92. The molecule has 2 saturated heterocycles. The highest BCUT2D eigenvalue weighted by atomic mass is 16.4. The Morgan fingerprint density at radius 3 is 2.63 bits per heavy atom. The maximum atomic E-state index is 13.0. The second kappa shape index (κ2) is 6.02. The number of benzene rings is 1. The van der Waals surface area contributed by atoms with E-state index in [1.54, 1.807) is 4.40 Å². The van der Waals surface area contributed by atoms with Crippen molar-refractivity contribution < 1.29 is 9.90 Å². The molecule has 2 N–H and O–H groups in total. The Morgan fingerprint density at radius 1 is 1.17 bits per heavy atom. The Kier molecular flexibility index (Phi) is 3.49. The molecule has 6 rings (SSSR count). The number of nitrogens with zero attached hydrogens (tertiary/aromatic N) is 5. The lowest BCUT2D eigenvalue weighted by Gasteiger charge is -2.19. The maximum absolute atomic E-state index is 13.0. The van der Waals surface area contributed by atoms with Gasteiger partial charge in [0.15, 0.2) is 5.65 Å². The molecular weight excluding hydrogens is 384 g/mol. The number of hydrogen-bond acceptors (Lipinski definition) is 6. The summed E-state index contributed by atoms with van der Waals surface area (Å²) in [5, 5.41) is 9.91. The van der Waals surface area contributed by atoms with Gasteiger partial charge >= 0.3 is 5.97 Å². The van der Waals surface area contributed by atoms with Crippen LogP contribution >= 0.6 is 0 Å². The molecule has 2 fully saturated rings. The SMILES string of the molecule is CN1CC2CN(c3ncc4c(=O)c(C(=O)O)c5[nH]c6ccccc6n5c4n3)CC2C1. The fourth-order valence-electron chi connectivity index (χ4n) is 5.15. The van der Waals surface area contributed by atoms with Crippen molar-refractivity contribution in [3.05, 3.63) is 46.2 Å². The van der Waals surface area contributed by atoms with E-state index in [0.29, 0.717) is 23.4 Å². The summed E-state index contributed by atoms with van der Waals surface area (Å²) < 4.78 is 1.73. The van der Waals surface area contributed by atoms with E-state index in [-0.39, 0.29) is 16.6 Å². The number of nitrogens with one attached hydrogen (secondary N) is 1. The van der Waals surface area contributed by atoms with Crippen LogP contribution in [0.4, 0.5) is 5.95 Å². The third-order valence-electron chi connectivity index (χ3n) is 6.46. The molecule has 4 aromatic rings. The van der Waals surface area contributed by atoms with Crippen molar-refractivity contribution in [2.24, 2.45) is 11.8 Å². The predicted octanol–water partition coefficient (Wildman–Crippen LogP) is 1.42. The molecule has 2 aliphatic rings. The monoisotopic (exact) mass is 404 g/mol. The molecule has 0 saturated carbocycles. The molecule has 0 bridgehead atoms. The van der Waals surface area contributed by atoms with Gasteiger partial charge in [-0.1, -0.05) is 12.1 Å². The van der Waals surface area contributed by atoms with Crippen molar-refractivity contribution in [2.45, 2.75) is 0 Å². The molecule has 9 heteroatoms. The molecule has 2 unspecified atom stereocenters. The van der Waals surface area contributed by atoms with Crippen molar-refractivity contribution in [2.75, 3.05) is 38.1 Å². The normalized spacial score (nSPS) is 21.8. The first-order valence-electron chi connectivity index (χ1n) is 10.00. The number of carboxylic acids is 1. The molecule has 5 heterocycles. The average molecular weight is 404 g/mol.